The first-order valence-electron chi connectivity index (χ1n) is 12.0. The minimum Gasteiger partial charge on any atom is -0.497 e. The number of methoxy groups -OCH3 is 1. The van der Waals surface area contributed by atoms with Gasteiger partial charge in [-0.05, 0) is 47.5 Å². The molecule has 38 heavy (non-hydrogen) atoms. The number of rotatable bonds is 7. The summed E-state index contributed by atoms with van der Waals surface area (Å²) in [6.45, 7) is 0. The SMILES string of the molecule is COc1cccc(-c2cc(NC(=O)Cc3ccc(-n4cnc5cc(-c6cnn(C)c6)ccc54)cc3)on2)c1. The van der Waals surface area contributed by atoms with Crippen LogP contribution in [0.15, 0.2) is 96.0 Å². The van der Waals surface area contributed by atoms with Crippen molar-refractivity contribution in [3.8, 4) is 33.8 Å². The van der Waals surface area contributed by atoms with Crippen LogP contribution >= 0.6 is 0 Å². The van der Waals surface area contributed by atoms with Gasteiger partial charge >= 0.3 is 0 Å². The first-order valence-corrected chi connectivity index (χ1v) is 12.0. The van der Waals surface area contributed by atoms with Gasteiger partial charge in [0.25, 0.3) is 0 Å². The zero-order valence-electron chi connectivity index (χ0n) is 20.8. The average molecular weight is 505 g/mol. The highest BCUT2D eigenvalue weighted by molar-refractivity contribution is 5.91. The Kier molecular flexibility index (Phi) is 5.93. The number of nitrogens with zero attached hydrogens (tertiary/aromatic N) is 5. The number of anilines is 1. The Morgan fingerprint density at radius 1 is 1.00 bits per heavy atom. The first kappa shape index (κ1) is 23.2. The lowest BCUT2D eigenvalue weighted by Crippen LogP contribution is -2.13. The summed E-state index contributed by atoms with van der Waals surface area (Å²) in [5.41, 5.74) is 7.31. The lowest BCUT2D eigenvalue weighted by molar-refractivity contribution is -0.115. The molecule has 3 aromatic heterocycles. The molecule has 3 aromatic carbocycles. The number of carbonyl (C=O) groups excluding carboxylic acids is 1. The van der Waals surface area contributed by atoms with Gasteiger partial charge in [-0.25, -0.2) is 4.98 Å². The highest BCUT2D eigenvalue weighted by atomic mass is 16.5. The van der Waals surface area contributed by atoms with Crippen LogP contribution in [0.2, 0.25) is 0 Å². The number of carbonyl (C=O) groups is 1. The fourth-order valence-electron chi connectivity index (χ4n) is 4.36. The van der Waals surface area contributed by atoms with Crippen molar-refractivity contribution in [2.24, 2.45) is 7.05 Å². The monoisotopic (exact) mass is 504 g/mol. The second kappa shape index (κ2) is 9.70. The van der Waals surface area contributed by atoms with Crippen LogP contribution in [0.3, 0.4) is 0 Å². The summed E-state index contributed by atoms with van der Waals surface area (Å²) in [4.78, 5) is 17.2. The average Bonchev–Trinajstić information content (AvgIpc) is 3.69. The fraction of sp³-hybridized carbons (Fsp3) is 0.103. The summed E-state index contributed by atoms with van der Waals surface area (Å²) in [5.74, 6) is 0.819. The summed E-state index contributed by atoms with van der Waals surface area (Å²) in [5, 5.41) is 11.1. The maximum absolute atomic E-state index is 12.6. The lowest BCUT2D eigenvalue weighted by atomic mass is 10.1. The molecule has 1 N–H and O–H groups in total. The minimum absolute atomic E-state index is 0.192. The smallest absolute Gasteiger partial charge is 0.231 e. The van der Waals surface area contributed by atoms with E-state index in [1.807, 2.05) is 78.9 Å². The maximum Gasteiger partial charge on any atom is 0.231 e. The van der Waals surface area contributed by atoms with E-state index in [2.05, 4.69) is 38.8 Å². The predicted octanol–water partition coefficient (Wildman–Crippen LogP) is 5.27. The van der Waals surface area contributed by atoms with Gasteiger partial charge in [0.15, 0.2) is 0 Å². The number of aryl methyl sites for hydroxylation is 1. The Morgan fingerprint density at radius 2 is 1.87 bits per heavy atom. The molecule has 0 fully saturated rings. The van der Waals surface area contributed by atoms with Crippen LogP contribution in [-0.4, -0.2) is 37.5 Å². The number of fused-ring (bicyclic) bond motifs is 1. The van der Waals surface area contributed by atoms with Crippen molar-refractivity contribution >= 4 is 22.8 Å². The molecule has 0 saturated heterocycles. The van der Waals surface area contributed by atoms with E-state index in [0.29, 0.717) is 11.6 Å². The Labute approximate surface area is 218 Å². The third kappa shape index (κ3) is 4.64. The van der Waals surface area contributed by atoms with E-state index in [1.165, 1.54) is 0 Å². The predicted molar refractivity (Wildman–Crippen MR) is 144 cm³/mol. The molecule has 0 aliphatic carbocycles. The standard InChI is InChI=1S/C29H24N6O3/c1-34-17-22(16-31-34)20-8-11-27-26(14-20)30-18-35(27)23-9-6-19(7-10-23)12-28(36)32-29-15-25(33-38-29)21-4-3-5-24(13-21)37-2/h3-11,13-18H,12H2,1-2H3,(H,32,36). The summed E-state index contributed by atoms with van der Waals surface area (Å²) < 4.78 is 14.4. The van der Waals surface area contributed by atoms with Gasteiger partial charge in [0.05, 0.1) is 30.8 Å². The molecular weight excluding hydrogens is 480 g/mol. The zero-order chi connectivity index (χ0) is 26.1. The minimum atomic E-state index is -0.192. The molecule has 0 spiro atoms. The molecule has 9 heteroatoms. The van der Waals surface area contributed by atoms with Crippen molar-refractivity contribution in [3.05, 3.63) is 97.1 Å². The van der Waals surface area contributed by atoms with Gasteiger partial charge in [-0.1, -0.05) is 35.5 Å². The number of hydrogen-bond donors (Lipinski definition) is 1. The van der Waals surface area contributed by atoms with Gasteiger partial charge in [-0.15, -0.1) is 0 Å². The van der Waals surface area contributed by atoms with E-state index < -0.39 is 0 Å². The van der Waals surface area contributed by atoms with Crippen molar-refractivity contribution in [3.63, 3.8) is 0 Å². The fourth-order valence-corrected chi connectivity index (χ4v) is 4.36. The van der Waals surface area contributed by atoms with E-state index in [-0.39, 0.29) is 12.3 Å². The molecule has 9 nitrogen and oxygen atoms in total. The molecule has 0 unspecified atom stereocenters. The van der Waals surface area contributed by atoms with Crippen LogP contribution in [0, 0.1) is 0 Å². The van der Waals surface area contributed by atoms with E-state index in [0.717, 1.165) is 44.7 Å². The Bertz CT molecular complexity index is 1750. The zero-order valence-corrected chi connectivity index (χ0v) is 20.8. The second-order valence-electron chi connectivity index (χ2n) is 8.92. The molecule has 0 bridgehead atoms. The highest BCUT2D eigenvalue weighted by Gasteiger charge is 2.12. The highest BCUT2D eigenvalue weighted by Crippen LogP contribution is 2.27. The van der Waals surface area contributed by atoms with Crippen LogP contribution in [0.5, 0.6) is 5.75 Å². The Hall–Kier alpha value is -5.18. The third-order valence-electron chi connectivity index (χ3n) is 6.30. The first-order chi connectivity index (χ1) is 18.6. The number of benzene rings is 3. The number of hydrogen-bond acceptors (Lipinski definition) is 6. The van der Waals surface area contributed by atoms with Gasteiger partial charge in [-0.2, -0.15) is 5.10 Å². The summed E-state index contributed by atoms with van der Waals surface area (Å²) >= 11 is 0. The van der Waals surface area contributed by atoms with E-state index in [9.17, 15) is 4.79 Å². The maximum atomic E-state index is 12.6. The molecule has 0 saturated carbocycles. The van der Waals surface area contributed by atoms with Crippen LogP contribution in [0.4, 0.5) is 5.88 Å². The largest absolute Gasteiger partial charge is 0.497 e. The van der Waals surface area contributed by atoms with E-state index in [4.69, 9.17) is 9.26 Å². The van der Waals surface area contributed by atoms with Crippen molar-refractivity contribution < 1.29 is 14.1 Å². The molecule has 0 aliphatic heterocycles. The molecular formula is C29H24N6O3. The topological polar surface area (TPSA) is 100 Å². The summed E-state index contributed by atoms with van der Waals surface area (Å²) in [6, 6.07) is 23.2. The normalized spacial score (nSPS) is 11.1. The van der Waals surface area contributed by atoms with Crippen LogP contribution in [0.25, 0.3) is 39.1 Å². The van der Waals surface area contributed by atoms with Crippen molar-refractivity contribution in [2.45, 2.75) is 6.42 Å². The molecule has 0 aliphatic rings. The third-order valence-corrected chi connectivity index (χ3v) is 6.30. The Morgan fingerprint density at radius 3 is 2.66 bits per heavy atom. The molecule has 6 aromatic rings. The van der Waals surface area contributed by atoms with Crippen molar-refractivity contribution in [1.82, 2.24) is 24.5 Å². The lowest BCUT2D eigenvalue weighted by Gasteiger charge is -2.07. The van der Waals surface area contributed by atoms with Crippen molar-refractivity contribution in [1.29, 1.82) is 0 Å². The molecule has 1 amide bonds. The number of imidazole rings is 1. The molecule has 3 heterocycles. The molecule has 188 valence electrons. The van der Waals surface area contributed by atoms with E-state index >= 15 is 0 Å². The Balaban J connectivity index is 1.13. The molecule has 6 rings (SSSR count). The van der Waals surface area contributed by atoms with Crippen LogP contribution in [-0.2, 0) is 18.3 Å². The molecule has 0 radical (unpaired) electrons. The van der Waals surface area contributed by atoms with Gasteiger partial charge < -0.3 is 9.26 Å². The second-order valence-corrected chi connectivity index (χ2v) is 8.92. The molecule has 0 atom stereocenters. The summed E-state index contributed by atoms with van der Waals surface area (Å²) in [7, 11) is 3.51. The van der Waals surface area contributed by atoms with Gasteiger partial charge in [0.2, 0.25) is 11.8 Å². The number of aromatic nitrogens is 5. The van der Waals surface area contributed by atoms with Gasteiger partial charge in [-0.3, -0.25) is 19.4 Å². The van der Waals surface area contributed by atoms with Gasteiger partial charge in [0.1, 0.15) is 17.8 Å². The van der Waals surface area contributed by atoms with Crippen molar-refractivity contribution in [2.75, 3.05) is 12.4 Å². The number of ether oxygens (including phenoxy) is 1. The van der Waals surface area contributed by atoms with E-state index in [1.54, 1.807) is 17.9 Å². The van der Waals surface area contributed by atoms with Crippen LogP contribution in [0.1, 0.15) is 5.56 Å². The quantitative estimate of drug-likeness (QED) is 0.318. The number of nitrogens with one attached hydrogen (secondary N) is 1. The van der Waals surface area contributed by atoms with Crippen LogP contribution < -0.4 is 10.1 Å². The van der Waals surface area contributed by atoms with Gasteiger partial charge in [0, 0.05) is 36.1 Å². The summed E-state index contributed by atoms with van der Waals surface area (Å²) in [6.07, 6.45) is 5.84. The number of amides is 1.